The number of amides is 2. The molecule has 0 aromatic heterocycles. The number of esters is 1. The fraction of sp³-hybridized carbons (Fsp3) is 0.531. The molecular formula is C32H41Cl2NO5. The summed E-state index contributed by atoms with van der Waals surface area (Å²) in [4.78, 5) is 39.2. The average Bonchev–Trinajstić information content (AvgIpc) is 3.24. The number of cyclic esters (lactones) is 1. The summed E-state index contributed by atoms with van der Waals surface area (Å²) in [5.41, 5.74) is 0.647. The molecule has 1 fully saturated rings. The molecule has 40 heavy (non-hydrogen) atoms. The Morgan fingerprint density at radius 2 is 1.38 bits per heavy atom. The Morgan fingerprint density at radius 1 is 0.800 bits per heavy atom. The molecule has 1 saturated heterocycles. The van der Waals surface area contributed by atoms with Gasteiger partial charge in [0.1, 0.15) is 0 Å². The molecule has 0 aliphatic carbocycles. The first-order chi connectivity index (χ1) is 19.4. The average molecular weight is 591 g/mol. The van der Waals surface area contributed by atoms with Crippen molar-refractivity contribution >= 4 is 46.9 Å². The van der Waals surface area contributed by atoms with Gasteiger partial charge in [0.05, 0.1) is 22.9 Å². The maximum atomic E-state index is 13.1. The number of imide groups is 1. The molecule has 0 spiro atoms. The molecule has 1 unspecified atom stereocenters. The quantitative estimate of drug-likeness (QED) is 0.128. The van der Waals surface area contributed by atoms with Crippen molar-refractivity contribution in [2.24, 2.45) is 0 Å². The molecule has 1 aliphatic rings. The van der Waals surface area contributed by atoms with E-state index in [9.17, 15) is 14.4 Å². The van der Waals surface area contributed by atoms with Gasteiger partial charge in [-0.1, -0.05) is 132 Å². The van der Waals surface area contributed by atoms with Crippen molar-refractivity contribution in [2.45, 2.75) is 103 Å². The van der Waals surface area contributed by atoms with E-state index >= 15 is 0 Å². The van der Waals surface area contributed by atoms with Crippen molar-refractivity contribution in [3.63, 3.8) is 0 Å². The molecule has 0 N–H and O–H groups in total. The normalized spacial score (nSPS) is 15.0. The van der Waals surface area contributed by atoms with Gasteiger partial charge in [-0.05, 0) is 30.7 Å². The van der Waals surface area contributed by atoms with E-state index in [1.165, 1.54) is 88.8 Å². The van der Waals surface area contributed by atoms with E-state index in [0.717, 1.165) is 24.2 Å². The van der Waals surface area contributed by atoms with Crippen LogP contribution in [0, 0.1) is 0 Å². The van der Waals surface area contributed by atoms with Crippen LogP contribution in [-0.2, 0) is 14.3 Å². The lowest BCUT2D eigenvalue weighted by atomic mass is 10.0. The molecule has 1 atom stereocenters. The highest BCUT2D eigenvalue weighted by Gasteiger charge is 2.44. The minimum Gasteiger partial charge on any atom is -0.462 e. The maximum absolute atomic E-state index is 13.1. The molecule has 8 heteroatoms. The number of anilines is 1. The number of carbonyl (C=O) groups excluding carboxylic acids is 3. The second-order valence-electron chi connectivity index (χ2n) is 10.4. The Balaban J connectivity index is 1.37. The summed E-state index contributed by atoms with van der Waals surface area (Å²) < 4.78 is 10.7. The molecule has 3 rings (SSSR count). The van der Waals surface area contributed by atoms with Crippen LogP contribution in [0.4, 0.5) is 10.5 Å². The van der Waals surface area contributed by atoms with Crippen LogP contribution in [0.1, 0.15) is 119 Å². The van der Waals surface area contributed by atoms with Crippen LogP contribution in [0.2, 0.25) is 10.0 Å². The summed E-state index contributed by atoms with van der Waals surface area (Å²) in [5.74, 6) is -1.16. The van der Waals surface area contributed by atoms with E-state index in [0.29, 0.717) is 17.2 Å². The van der Waals surface area contributed by atoms with Gasteiger partial charge >= 0.3 is 12.1 Å². The Labute approximate surface area is 248 Å². The molecule has 0 radical (unpaired) electrons. The third-order valence-corrected chi connectivity index (χ3v) is 7.85. The van der Waals surface area contributed by atoms with Gasteiger partial charge in [-0.3, -0.25) is 4.79 Å². The van der Waals surface area contributed by atoms with Crippen molar-refractivity contribution in [1.29, 1.82) is 0 Å². The van der Waals surface area contributed by atoms with E-state index in [4.69, 9.17) is 32.7 Å². The van der Waals surface area contributed by atoms with Crippen LogP contribution in [-0.4, -0.2) is 24.6 Å². The number of ether oxygens (including phenoxy) is 2. The largest absolute Gasteiger partial charge is 0.462 e. The van der Waals surface area contributed by atoms with Gasteiger partial charge in [-0.25, -0.2) is 14.5 Å². The molecule has 2 aromatic carbocycles. The number of carbonyl (C=O) groups is 3. The van der Waals surface area contributed by atoms with E-state index in [1.54, 1.807) is 24.3 Å². The predicted molar refractivity (Wildman–Crippen MR) is 160 cm³/mol. The van der Waals surface area contributed by atoms with Crippen molar-refractivity contribution in [1.82, 2.24) is 0 Å². The van der Waals surface area contributed by atoms with E-state index in [1.807, 2.05) is 0 Å². The minimum absolute atomic E-state index is 0.0668. The Kier molecular flexibility index (Phi) is 13.8. The number of nitrogens with zero attached hydrogens (tertiary/aromatic N) is 1. The molecule has 218 valence electrons. The third kappa shape index (κ3) is 9.52. The monoisotopic (exact) mass is 589 g/mol. The van der Waals surface area contributed by atoms with E-state index < -0.39 is 24.1 Å². The lowest BCUT2D eigenvalue weighted by molar-refractivity contribution is -0.122. The highest BCUT2D eigenvalue weighted by molar-refractivity contribution is 6.36. The highest BCUT2D eigenvalue weighted by atomic mass is 35.5. The molecule has 0 bridgehead atoms. The lowest BCUT2D eigenvalue weighted by Gasteiger charge is -2.15. The zero-order valence-electron chi connectivity index (χ0n) is 23.5. The van der Waals surface area contributed by atoms with Crippen LogP contribution in [0.25, 0.3) is 0 Å². The predicted octanol–water partition coefficient (Wildman–Crippen LogP) is 9.86. The lowest BCUT2D eigenvalue weighted by Crippen LogP contribution is -2.30. The number of hydrogen-bond donors (Lipinski definition) is 0. The Hall–Kier alpha value is -2.57. The first-order valence-corrected chi connectivity index (χ1v) is 15.4. The minimum atomic E-state index is -1.19. The Morgan fingerprint density at radius 3 is 1.98 bits per heavy atom. The van der Waals surface area contributed by atoms with Gasteiger partial charge < -0.3 is 9.47 Å². The number of benzene rings is 2. The third-order valence-electron chi connectivity index (χ3n) is 7.19. The van der Waals surface area contributed by atoms with Gasteiger partial charge in [0.25, 0.3) is 5.91 Å². The topological polar surface area (TPSA) is 72.9 Å². The van der Waals surface area contributed by atoms with Gasteiger partial charge in [0.15, 0.2) is 0 Å². The number of rotatable bonds is 18. The second-order valence-corrected chi connectivity index (χ2v) is 11.2. The summed E-state index contributed by atoms with van der Waals surface area (Å²) in [5, 5.41) is 0.441. The molecule has 2 amide bonds. The SMILES string of the molecule is CCCCCCCCCCCCCCCCOC(=O)c1ccc(Cl)c(N2C(=O)OC(c3ccccc3Cl)C2=O)c1. The standard InChI is InChI=1S/C32H41Cl2NO5/c1-2-3-4-5-6-7-8-9-10-11-12-13-14-17-22-39-31(37)24-20-21-27(34)28(23-24)35-30(36)29(40-32(35)38)25-18-15-16-19-26(25)33/h15-16,18-21,23,29H,2-14,17,22H2,1H3. The van der Waals surface area contributed by atoms with Gasteiger partial charge in [0, 0.05) is 10.6 Å². The molecular weight excluding hydrogens is 549 g/mol. The Bertz CT molecular complexity index is 1120. The first kappa shape index (κ1) is 32.0. The summed E-state index contributed by atoms with van der Waals surface area (Å²) in [6.45, 7) is 2.57. The van der Waals surface area contributed by atoms with Crippen LogP contribution >= 0.6 is 23.2 Å². The zero-order valence-corrected chi connectivity index (χ0v) is 25.0. The van der Waals surface area contributed by atoms with Gasteiger partial charge in [-0.2, -0.15) is 0 Å². The van der Waals surface area contributed by atoms with Gasteiger partial charge in [-0.15, -0.1) is 0 Å². The maximum Gasteiger partial charge on any atom is 0.422 e. The fourth-order valence-corrected chi connectivity index (χ4v) is 5.31. The number of hydrogen-bond acceptors (Lipinski definition) is 5. The second kappa shape index (κ2) is 17.3. The van der Waals surface area contributed by atoms with Crippen molar-refractivity contribution < 1.29 is 23.9 Å². The molecule has 0 saturated carbocycles. The van der Waals surface area contributed by atoms with Crippen LogP contribution in [0.15, 0.2) is 42.5 Å². The van der Waals surface area contributed by atoms with Crippen molar-refractivity contribution in [3.05, 3.63) is 63.6 Å². The number of unbranched alkanes of at least 4 members (excludes halogenated alkanes) is 13. The number of halogens is 2. The zero-order chi connectivity index (χ0) is 28.7. The highest BCUT2D eigenvalue weighted by Crippen LogP contribution is 2.37. The smallest absolute Gasteiger partial charge is 0.422 e. The van der Waals surface area contributed by atoms with E-state index in [-0.39, 0.29) is 16.3 Å². The van der Waals surface area contributed by atoms with Crippen molar-refractivity contribution in [2.75, 3.05) is 11.5 Å². The molecule has 6 nitrogen and oxygen atoms in total. The van der Waals surface area contributed by atoms with Crippen LogP contribution in [0.3, 0.4) is 0 Å². The van der Waals surface area contributed by atoms with Crippen LogP contribution in [0.5, 0.6) is 0 Å². The van der Waals surface area contributed by atoms with Gasteiger partial charge in [0.2, 0.25) is 6.10 Å². The van der Waals surface area contributed by atoms with Crippen molar-refractivity contribution in [3.8, 4) is 0 Å². The summed E-state index contributed by atoms with van der Waals surface area (Å²) in [7, 11) is 0. The van der Waals surface area contributed by atoms with E-state index in [2.05, 4.69) is 6.92 Å². The molecule has 1 heterocycles. The fourth-order valence-electron chi connectivity index (χ4n) is 4.87. The molecule has 2 aromatic rings. The van der Waals surface area contributed by atoms with Crippen LogP contribution < -0.4 is 4.90 Å². The summed E-state index contributed by atoms with van der Waals surface area (Å²) >= 11 is 12.5. The summed E-state index contributed by atoms with van der Waals surface area (Å²) in [6.07, 6.45) is 15.5. The first-order valence-electron chi connectivity index (χ1n) is 14.7. The molecule has 1 aliphatic heterocycles. The summed E-state index contributed by atoms with van der Waals surface area (Å²) in [6, 6.07) is 11.0.